The van der Waals surface area contributed by atoms with E-state index in [4.69, 9.17) is 9.47 Å². The Bertz CT molecular complexity index is 1310. The maximum Gasteiger partial charge on any atom is 0.327 e. The average molecular weight is 655 g/mol. The normalized spacial score (nSPS) is 11.9. The highest BCUT2D eigenvalue weighted by molar-refractivity contribution is 7.89. The van der Waals surface area contributed by atoms with Crippen LogP contribution in [0.2, 0.25) is 0 Å². The Hall–Kier alpha value is -2.47. The molecule has 0 aliphatic rings. The first-order valence-corrected chi connectivity index (χ1v) is 18.9. The minimum atomic E-state index is -4.78. The molecule has 0 fully saturated rings. The minimum Gasteiger partial charge on any atom is -0.492 e. The summed E-state index contributed by atoms with van der Waals surface area (Å²) in [7, 11) is -9.47. The summed E-state index contributed by atoms with van der Waals surface area (Å²) in [4.78, 5) is 11.4. The number of para-hydroxylation sites is 2. The fraction of sp³-hybridized carbons (Fsp3) is 0.606. The smallest absolute Gasteiger partial charge is 0.327 e. The summed E-state index contributed by atoms with van der Waals surface area (Å²) in [6, 6.07) is 11.1. The second-order valence-corrected chi connectivity index (χ2v) is 13.9. The fourth-order valence-corrected chi connectivity index (χ4v) is 6.61. The molecule has 0 saturated carbocycles. The number of ether oxygens (including phenoxy) is 2. The fourth-order valence-electron chi connectivity index (χ4n) is 4.66. The standard InChI is InChI=1S/C33H50O9S2/c1-3-5-7-9-11-12-13-14-16-22-28-39-29-23-18-20-25-31(29)43(35,36)41-42-44(37,38)32-26-21-19-24-30(32)40-33(34)27-17-15-10-8-6-4-2/h18-21,23-26H,3-17,22,27-28H2,1-2H3. The van der Waals surface area contributed by atoms with E-state index in [1.807, 2.05) is 0 Å². The van der Waals surface area contributed by atoms with Gasteiger partial charge >= 0.3 is 26.2 Å². The summed E-state index contributed by atoms with van der Waals surface area (Å²) in [5.41, 5.74) is 0. The van der Waals surface area contributed by atoms with Gasteiger partial charge in [-0.25, -0.2) is 0 Å². The molecular weight excluding hydrogens is 604 g/mol. The van der Waals surface area contributed by atoms with Crippen LogP contribution in [0, 0.1) is 0 Å². The van der Waals surface area contributed by atoms with Gasteiger partial charge in [0, 0.05) is 6.42 Å². The minimum absolute atomic E-state index is 0.0356. The predicted octanol–water partition coefficient (Wildman–Crippen LogP) is 8.67. The molecule has 0 unspecified atom stereocenters. The molecule has 2 rings (SSSR count). The molecular formula is C33H50O9S2. The molecule has 0 bridgehead atoms. The molecule has 248 valence electrons. The first kappa shape index (κ1) is 37.7. The number of benzene rings is 2. The molecule has 0 N–H and O–H groups in total. The van der Waals surface area contributed by atoms with E-state index in [9.17, 15) is 21.6 Å². The number of esters is 1. The number of rotatable bonds is 25. The van der Waals surface area contributed by atoms with Gasteiger partial charge in [0.1, 0.15) is 15.5 Å². The Morgan fingerprint density at radius 3 is 1.48 bits per heavy atom. The van der Waals surface area contributed by atoms with Gasteiger partial charge in [0.2, 0.25) is 0 Å². The lowest BCUT2D eigenvalue weighted by molar-refractivity contribution is -0.134. The molecule has 0 aliphatic heterocycles. The Kier molecular flexibility index (Phi) is 18.3. The highest BCUT2D eigenvalue weighted by atomic mass is 32.2. The zero-order valence-corrected chi connectivity index (χ0v) is 28.0. The van der Waals surface area contributed by atoms with Crippen molar-refractivity contribution < 1.29 is 39.8 Å². The van der Waals surface area contributed by atoms with E-state index < -0.39 is 31.1 Å². The van der Waals surface area contributed by atoms with Gasteiger partial charge in [-0.05, 0) is 37.1 Å². The number of carbonyl (C=O) groups excluding carboxylic acids is 1. The lowest BCUT2D eigenvalue weighted by Crippen LogP contribution is -2.16. The van der Waals surface area contributed by atoms with Crippen LogP contribution in [0.5, 0.6) is 11.5 Å². The van der Waals surface area contributed by atoms with Gasteiger partial charge in [-0.3, -0.25) is 4.79 Å². The molecule has 0 heterocycles. The van der Waals surface area contributed by atoms with Gasteiger partial charge in [-0.15, -0.1) is 0 Å². The third-order valence-corrected chi connectivity index (χ3v) is 9.49. The van der Waals surface area contributed by atoms with Crippen molar-refractivity contribution in [2.24, 2.45) is 0 Å². The molecule has 0 atom stereocenters. The Balaban J connectivity index is 1.88. The Morgan fingerprint density at radius 1 is 0.545 bits per heavy atom. The van der Waals surface area contributed by atoms with Crippen molar-refractivity contribution in [1.82, 2.24) is 0 Å². The van der Waals surface area contributed by atoms with Gasteiger partial charge in [0.05, 0.1) is 6.61 Å². The summed E-state index contributed by atoms with van der Waals surface area (Å²) in [5.74, 6) is -0.830. The summed E-state index contributed by atoms with van der Waals surface area (Å²) in [6.45, 7) is 4.64. The van der Waals surface area contributed by atoms with E-state index in [2.05, 4.69) is 22.5 Å². The molecule has 0 aromatic heterocycles. The van der Waals surface area contributed by atoms with Crippen molar-refractivity contribution >= 4 is 26.2 Å². The largest absolute Gasteiger partial charge is 0.492 e. The van der Waals surface area contributed by atoms with Crippen molar-refractivity contribution in [2.75, 3.05) is 6.61 Å². The predicted molar refractivity (Wildman–Crippen MR) is 170 cm³/mol. The van der Waals surface area contributed by atoms with Gasteiger partial charge < -0.3 is 9.47 Å². The summed E-state index contributed by atoms with van der Waals surface area (Å²) in [6.07, 6.45) is 17.6. The highest BCUT2D eigenvalue weighted by Gasteiger charge is 2.29. The average Bonchev–Trinajstić information content (AvgIpc) is 3.01. The molecule has 9 nitrogen and oxygen atoms in total. The van der Waals surface area contributed by atoms with Crippen LogP contribution in [0.4, 0.5) is 0 Å². The van der Waals surface area contributed by atoms with Gasteiger partial charge in [0.15, 0.2) is 5.75 Å². The van der Waals surface area contributed by atoms with E-state index >= 15 is 0 Å². The second-order valence-electron chi connectivity index (χ2n) is 11.0. The van der Waals surface area contributed by atoms with Crippen LogP contribution in [0.25, 0.3) is 0 Å². The molecule has 44 heavy (non-hydrogen) atoms. The molecule has 2 aromatic carbocycles. The Labute approximate surface area is 264 Å². The van der Waals surface area contributed by atoms with Crippen LogP contribution in [0.3, 0.4) is 0 Å². The van der Waals surface area contributed by atoms with E-state index in [0.717, 1.165) is 63.9 Å². The lowest BCUT2D eigenvalue weighted by Gasteiger charge is -2.12. The first-order chi connectivity index (χ1) is 21.2. The molecule has 0 amide bonds. The number of carbonyl (C=O) groups is 1. The summed E-state index contributed by atoms with van der Waals surface area (Å²) >= 11 is 0. The summed E-state index contributed by atoms with van der Waals surface area (Å²) < 4.78 is 71.7. The zero-order chi connectivity index (χ0) is 32.1. The van der Waals surface area contributed by atoms with Crippen LogP contribution >= 0.6 is 0 Å². The Morgan fingerprint density at radius 2 is 0.955 bits per heavy atom. The monoisotopic (exact) mass is 654 g/mol. The quantitative estimate of drug-likeness (QED) is 0.0340. The van der Waals surface area contributed by atoms with Crippen molar-refractivity contribution in [1.29, 1.82) is 0 Å². The maximum absolute atomic E-state index is 12.9. The SMILES string of the molecule is CCCCCCCCCCCCOc1ccccc1S(=O)(=O)OOS(=O)(=O)c1ccccc1OC(=O)CCCCCCCC. The molecule has 0 aliphatic carbocycles. The van der Waals surface area contributed by atoms with E-state index in [0.29, 0.717) is 13.0 Å². The molecule has 0 spiro atoms. The van der Waals surface area contributed by atoms with Gasteiger partial charge in [-0.2, -0.15) is 16.8 Å². The van der Waals surface area contributed by atoms with E-state index in [1.54, 1.807) is 6.07 Å². The zero-order valence-electron chi connectivity index (χ0n) is 26.3. The van der Waals surface area contributed by atoms with E-state index in [1.165, 1.54) is 74.9 Å². The van der Waals surface area contributed by atoms with E-state index in [-0.39, 0.29) is 22.8 Å². The third kappa shape index (κ3) is 14.5. The van der Waals surface area contributed by atoms with Gasteiger partial charge in [0.25, 0.3) is 0 Å². The topological polar surface area (TPSA) is 122 Å². The van der Waals surface area contributed by atoms with Crippen LogP contribution in [-0.4, -0.2) is 29.4 Å². The molecule has 2 aromatic rings. The van der Waals surface area contributed by atoms with Crippen molar-refractivity contribution in [2.45, 2.75) is 133 Å². The maximum atomic E-state index is 12.9. The summed E-state index contributed by atoms with van der Waals surface area (Å²) in [5, 5.41) is 0. The van der Waals surface area contributed by atoms with Gasteiger partial charge in [-0.1, -0.05) is 137 Å². The second kappa shape index (κ2) is 21.3. The number of hydrogen-bond donors (Lipinski definition) is 0. The van der Waals surface area contributed by atoms with Crippen LogP contribution in [0.15, 0.2) is 58.3 Å². The number of unbranched alkanes of at least 4 members (excludes halogenated alkanes) is 14. The molecule has 0 saturated heterocycles. The van der Waals surface area contributed by atoms with Crippen LogP contribution in [0.1, 0.15) is 123 Å². The van der Waals surface area contributed by atoms with Crippen molar-refractivity contribution in [3.63, 3.8) is 0 Å². The van der Waals surface area contributed by atoms with Crippen molar-refractivity contribution in [3.05, 3.63) is 48.5 Å². The lowest BCUT2D eigenvalue weighted by atomic mass is 10.1. The number of hydrogen-bond acceptors (Lipinski definition) is 9. The van der Waals surface area contributed by atoms with Crippen LogP contribution < -0.4 is 9.47 Å². The van der Waals surface area contributed by atoms with Crippen LogP contribution in [-0.2, 0) is 33.7 Å². The van der Waals surface area contributed by atoms with Crippen molar-refractivity contribution in [3.8, 4) is 11.5 Å². The molecule has 11 heteroatoms. The highest BCUT2D eigenvalue weighted by Crippen LogP contribution is 2.29. The third-order valence-electron chi connectivity index (χ3n) is 7.16. The molecule has 0 radical (unpaired) electrons. The first-order valence-electron chi connectivity index (χ1n) is 16.1.